The molecule has 1 N–H and O–H groups in total. The largest absolute Gasteiger partial charge is 0.496 e. The average Bonchev–Trinajstić information content (AvgIpc) is 3.24. The third-order valence-corrected chi connectivity index (χ3v) is 3.49. The fourth-order valence-electron chi connectivity index (χ4n) is 2.30. The molecule has 0 fully saturated rings. The number of methoxy groups -OCH3 is 1. The summed E-state index contributed by atoms with van der Waals surface area (Å²) >= 11 is 0. The molecule has 0 aliphatic heterocycles. The summed E-state index contributed by atoms with van der Waals surface area (Å²) in [5, 5.41) is 14.5. The number of aryl methyl sites for hydroxylation is 1. The van der Waals surface area contributed by atoms with E-state index in [2.05, 4.69) is 25.8 Å². The van der Waals surface area contributed by atoms with E-state index in [0.717, 1.165) is 5.56 Å². The fraction of sp³-hybridized carbons (Fsp3) is 0.312. The van der Waals surface area contributed by atoms with Crippen LogP contribution in [-0.2, 0) is 17.8 Å². The Balaban J connectivity index is 1.49. The van der Waals surface area contributed by atoms with Crippen LogP contribution in [0.5, 0.6) is 5.75 Å². The highest BCUT2D eigenvalue weighted by Gasteiger charge is 2.11. The smallest absolute Gasteiger partial charge is 0.280 e. The van der Waals surface area contributed by atoms with Crippen LogP contribution in [0.2, 0.25) is 0 Å². The molecule has 0 unspecified atom stereocenters. The first-order chi connectivity index (χ1) is 12.2. The number of benzene rings is 1. The van der Waals surface area contributed by atoms with E-state index in [9.17, 15) is 4.79 Å². The van der Waals surface area contributed by atoms with Crippen LogP contribution in [0.3, 0.4) is 0 Å². The second-order valence-corrected chi connectivity index (χ2v) is 5.35. The Kier molecular flexibility index (Phi) is 5.03. The average molecular weight is 342 g/mol. The second-order valence-electron chi connectivity index (χ2n) is 5.35. The van der Waals surface area contributed by atoms with E-state index in [4.69, 9.17) is 9.26 Å². The molecule has 0 bridgehead atoms. The van der Waals surface area contributed by atoms with E-state index in [0.29, 0.717) is 36.2 Å². The topological polar surface area (TPSA) is 108 Å². The molecule has 130 valence electrons. The van der Waals surface area contributed by atoms with E-state index >= 15 is 0 Å². The quantitative estimate of drug-likeness (QED) is 0.682. The SMILES string of the molecule is COc1ccccc1CC(=O)NCCn1cc(-c2nc(C)no2)nn1. The predicted octanol–water partition coefficient (Wildman–Crippen LogP) is 1.00. The third-order valence-electron chi connectivity index (χ3n) is 3.49. The molecule has 0 atom stereocenters. The lowest BCUT2D eigenvalue weighted by molar-refractivity contribution is -0.120. The van der Waals surface area contributed by atoms with Crippen molar-refractivity contribution in [2.45, 2.75) is 19.9 Å². The van der Waals surface area contributed by atoms with Gasteiger partial charge in [-0.3, -0.25) is 4.79 Å². The molecule has 0 saturated heterocycles. The minimum atomic E-state index is -0.0858. The first-order valence-electron chi connectivity index (χ1n) is 7.75. The maximum atomic E-state index is 12.1. The number of nitrogens with zero attached hydrogens (tertiary/aromatic N) is 5. The molecule has 2 heterocycles. The fourth-order valence-corrected chi connectivity index (χ4v) is 2.30. The Morgan fingerprint density at radius 3 is 2.96 bits per heavy atom. The number of nitrogens with one attached hydrogen (secondary N) is 1. The van der Waals surface area contributed by atoms with Crippen molar-refractivity contribution in [3.05, 3.63) is 41.9 Å². The van der Waals surface area contributed by atoms with Crippen molar-refractivity contribution in [2.75, 3.05) is 13.7 Å². The minimum Gasteiger partial charge on any atom is -0.496 e. The van der Waals surface area contributed by atoms with Crippen molar-refractivity contribution < 1.29 is 14.1 Å². The lowest BCUT2D eigenvalue weighted by Crippen LogP contribution is -2.28. The number of carbonyl (C=O) groups excluding carboxylic acids is 1. The van der Waals surface area contributed by atoms with Crippen LogP contribution >= 0.6 is 0 Å². The molecule has 0 aliphatic carbocycles. The summed E-state index contributed by atoms with van der Waals surface area (Å²) in [6.45, 7) is 2.64. The summed E-state index contributed by atoms with van der Waals surface area (Å²) in [6.07, 6.45) is 1.95. The number of ether oxygens (including phenoxy) is 1. The number of aromatic nitrogens is 5. The highest BCUT2D eigenvalue weighted by molar-refractivity contribution is 5.79. The molecule has 0 spiro atoms. The molecule has 9 heteroatoms. The van der Waals surface area contributed by atoms with Gasteiger partial charge in [-0.25, -0.2) is 4.68 Å². The van der Waals surface area contributed by atoms with Crippen molar-refractivity contribution >= 4 is 5.91 Å². The summed E-state index contributed by atoms with van der Waals surface area (Å²) in [5.74, 6) is 1.47. The Labute approximate surface area is 144 Å². The third kappa shape index (κ3) is 4.19. The lowest BCUT2D eigenvalue weighted by Gasteiger charge is -2.08. The number of rotatable bonds is 7. The number of amides is 1. The summed E-state index contributed by atoms with van der Waals surface area (Å²) in [4.78, 5) is 16.1. The van der Waals surface area contributed by atoms with E-state index in [-0.39, 0.29) is 12.3 Å². The highest BCUT2D eigenvalue weighted by atomic mass is 16.5. The molecule has 3 rings (SSSR count). The van der Waals surface area contributed by atoms with E-state index < -0.39 is 0 Å². The number of hydrogen-bond acceptors (Lipinski definition) is 7. The normalized spacial score (nSPS) is 10.6. The summed E-state index contributed by atoms with van der Waals surface area (Å²) < 4.78 is 11.9. The van der Waals surface area contributed by atoms with Crippen LogP contribution in [-0.4, -0.2) is 44.7 Å². The molecule has 2 aromatic heterocycles. The molecule has 0 radical (unpaired) electrons. The molecule has 1 aromatic carbocycles. The van der Waals surface area contributed by atoms with Gasteiger partial charge < -0.3 is 14.6 Å². The van der Waals surface area contributed by atoms with Crippen molar-refractivity contribution in [3.63, 3.8) is 0 Å². The van der Waals surface area contributed by atoms with Crippen molar-refractivity contribution in [1.29, 1.82) is 0 Å². The van der Waals surface area contributed by atoms with E-state index in [1.54, 1.807) is 24.9 Å². The maximum Gasteiger partial charge on any atom is 0.280 e. The van der Waals surface area contributed by atoms with Crippen molar-refractivity contribution in [3.8, 4) is 17.3 Å². The van der Waals surface area contributed by atoms with Crippen LogP contribution in [0.15, 0.2) is 35.0 Å². The zero-order valence-corrected chi connectivity index (χ0v) is 14.0. The predicted molar refractivity (Wildman–Crippen MR) is 87.8 cm³/mol. The standard InChI is InChI=1S/C16H18N6O3/c1-11-18-16(25-20-11)13-10-22(21-19-13)8-7-17-15(23)9-12-5-3-4-6-14(12)24-2/h3-6,10H,7-9H2,1-2H3,(H,17,23). The number of hydrogen-bond donors (Lipinski definition) is 1. The highest BCUT2D eigenvalue weighted by Crippen LogP contribution is 2.17. The van der Waals surface area contributed by atoms with Gasteiger partial charge in [0.1, 0.15) is 5.75 Å². The molecule has 25 heavy (non-hydrogen) atoms. The summed E-state index contributed by atoms with van der Waals surface area (Å²) in [6, 6.07) is 7.45. The summed E-state index contributed by atoms with van der Waals surface area (Å²) in [5.41, 5.74) is 1.35. The molecular formula is C16H18N6O3. The van der Waals surface area contributed by atoms with Gasteiger partial charge in [0.25, 0.3) is 5.89 Å². The molecule has 0 saturated carbocycles. The van der Waals surface area contributed by atoms with Gasteiger partial charge >= 0.3 is 0 Å². The molecule has 1 amide bonds. The molecule has 9 nitrogen and oxygen atoms in total. The lowest BCUT2D eigenvalue weighted by atomic mass is 10.1. The molecule has 0 aliphatic rings. The number of para-hydroxylation sites is 1. The van der Waals surface area contributed by atoms with Crippen LogP contribution < -0.4 is 10.1 Å². The van der Waals surface area contributed by atoms with Gasteiger partial charge in [0.15, 0.2) is 11.5 Å². The second kappa shape index (κ2) is 7.56. The van der Waals surface area contributed by atoms with Gasteiger partial charge in [-0.2, -0.15) is 4.98 Å². The van der Waals surface area contributed by atoms with Gasteiger partial charge in [-0.05, 0) is 13.0 Å². The van der Waals surface area contributed by atoms with Crippen LogP contribution in [0.1, 0.15) is 11.4 Å². The van der Waals surface area contributed by atoms with Crippen LogP contribution in [0.25, 0.3) is 11.6 Å². The Hall–Kier alpha value is -3.23. The zero-order valence-electron chi connectivity index (χ0n) is 14.0. The molecule has 3 aromatic rings. The maximum absolute atomic E-state index is 12.1. The first kappa shape index (κ1) is 16.6. The first-order valence-corrected chi connectivity index (χ1v) is 7.75. The minimum absolute atomic E-state index is 0.0858. The van der Waals surface area contributed by atoms with Crippen molar-refractivity contribution in [2.24, 2.45) is 0 Å². The number of carbonyl (C=O) groups is 1. The van der Waals surface area contributed by atoms with Gasteiger partial charge in [0.05, 0.1) is 26.3 Å². The van der Waals surface area contributed by atoms with Gasteiger partial charge in [0, 0.05) is 12.1 Å². The Bertz CT molecular complexity index is 857. The summed E-state index contributed by atoms with van der Waals surface area (Å²) in [7, 11) is 1.59. The van der Waals surface area contributed by atoms with E-state index in [1.807, 2.05) is 24.3 Å². The van der Waals surface area contributed by atoms with E-state index in [1.165, 1.54) is 0 Å². The van der Waals surface area contributed by atoms with Gasteiger partial charge in [-0.15, -0.1) is 5.10 Å². The monoisotopic (exact) mass is 342 g/mol. The Morgan fingerprint density at radius 2 is 2.20 bits per heavy atom. The van der Waals surface area contributed by atoms with Crippen LogP contribution in [0.4, 0.5) is 0 Å². The van der Waals surface area contributed by atoms with Gasteiger partial charge in [0.2, 0.25) is 5.91 Å². The Morgan fingerprint density at radius 1 is 1.36 bits per heavy atom. The van der Waals surface area contributed by atoms with Gasteiger partial charge in [-0.1, -0.05) is 28.6 Å². The molecular weight excluding hydrogens is 324 g/mol. The van der Waals surface area contributed by atoms with Crippen molar-refractivity contribution in [1.82, 2.24) is 30.5 Å². The zero-order chi connectivity index (χ0) is 17.6. The van der Waals surface area contributed by atoms with Crippen LogP contribution in [0, 0.1) is 6.92 Å².